The zero-order valence-electron chi connectivity index (χ0n) is 14.3. The van der Waals surface area contributed by atoms with Gasteiger partial charge in [0.2, 0.25) is 0 Å². The lowest BCUT2D eigenvalue weighted by Crippen LogP contribution is -2.49. The van der Waals surface area contributed by atoms with E-state index in [-0.39, 0.29) is 5.54 Å². The molecule has 0 saturated carbocycles. The first-order valence-electron chi connectivity index (χ1n) is 7.89. The average molecular weight is 286 g/mol. The molecule has 20 heavy (non-hydrogen) atoms. The molecule has 0 aromatic carbocycles. The van der Waals surface area contributed by atoms with Gasteiger partial charge in [-0.2, -0.15) is 0 Å². The van der Waals surface area contributed by atoms with Crippen molar-refractivity contribution in [3.63, 3.8) is 0 Å². The first-order chi connectivity index (χ1) is 9.19. The highest BCUT2D eigenvalue weighted by Gasteiger charge is 2.31. The molecule has 0 aliphatic carbocycles. The Balaban J connectivity index is 4.17. The number of hydrogen-bond donors (Lipinski definition) is 2. The molecule has 0 aromatic rings. The monoisotopic (exact) mass is 286 g/mol. The molecule has 1 atom stereocenters. The Kier molecular flexibility index (Phi) is 8.36. The number of rotatable bonds is 11. The first-order valence-corrected chi connectivity index (χ1v) is 7.89. The molecule has 0 aromatic heterocycles. The number of unbranched alkanes of at least 4 members (excludes halogenated alkanes) is 1. The fourth-order valence-corrected chi connectivity index (χ4v) is 2.07. The molecular formula is C16H34N2O2. The first kappa shape index (κ1) is 19.4. The molecule has 4 nitrogen and oxygen atoms in total. The van der Waals surface area contributed by atoms with Gasteiger partial charge >= 0.3 is 5.97 Å². The smallest absolute Gasteiger partial charge is 0.323 e. The van der Waals surface area contributed by atoms with Crippen LogP contribution in [-0.2, 0) is 4.79 Å². The summed E-state index contributed by atoms with van der Waals surface area (Å²) in [5.74, 6) is -0.742. The van der Waals surface area contributed by atoms with Crippen LogP contribution in [-0.4, -0.2) is 47.2 Å². The van der Waals surface area contributed by atoms with Crippen molar-refractivity contribution in [2.45, 2.75) is 77.8 Å². The van der Waals surface area contributed by atoms with Gasteiger partial charge in [-0.1, -0.05) is 13.8 Å². The average Bonchev–Trinajstić information content (AvgIpc) is 2.40. The van der Waals surface area contributed by atoms with Gasteiger partial charge in [0.1, 0.15) is 5.54 Å². The van der Waals surface area contributed by atoms with Crippen LogP contribution in [0.4, 0.5) is 0 Å². The van der Waals surface area contributed by atoms with Gasteiger partial charge in [0, 0.05) is 5.54 Å². The van der Waals surface area contributed by atoms with Crippen LogP contribution in [0, 0.1) is 0 Å². The topological polar surface area (TPSA) is 52.6 Å². The number of nitrogens with one attached hydrogen (secondary N) is 1. The van der Waals surface area contributed by atoms with E-state index in [1.54, 1.807) is 6.92 Å². The van der Waals surface area contributed by atoms with Crippen molar-refractivity contribution in [1.82, 2.24) is 10.2 Å². The molecule has 1 unspecified atom stereocenters. The summed E-state index contributed by atoms with van der Waals surface area (Å²) in [5.41, 5.74) is -0.564. The summed E-state index contributed by atoms with van der Waals surface area (Å²) in [7, 11) is 2.15. The fourth-order valence-electron chi connectivity index (χ4n) is 2.07. The van der Waals surface area contributed by atoms with Gasteiger partial charge < -0.3 is 15.3 Å². The van der Waals surface area contributed by atoms with Crippen LogP contribution in [0.25, 0.3) is 0 Å². The highest BCUT2D eigenvalue weighted by Crippen LogP contribution is 2.19. The Morgan fingerprint density at radius 2 is 1.80 bits per heavy atom. The van der Waals surface area contributed by atoms with Crippen molar-refractivity contribution < 1.29 is 9.90 Å². The lowest BCUT2D eigenvalue weighted by molar-refractivity contribution is -0.144. The summed E-state index contributed by atoms with van der Waals surface area (Å²) in [6.07, 6.45) is 4.73. The molecule has 0 heterocycles. The maximum Gasteiger partial charge on any atom is 0.323 e. The Morgan fingerprint density at radius 3 is 2.25 bits per heavy atom. The third kappa shape index (κ3) is 6.23. The third-order valence-electron chi connectivity index (χ3n) is 4.56. The Labute approximate surface area is 124 Å². The number of nitrogens with zero attached hydrogens (tertiary/aromatic N) is 1. The van der Waals surface area contributed by atoms with Crippen LogP contribution in [0.2, 0.25) is 0 Å². The van der Waals surface area contributed by atoms with Crippen LogP contribution < -0.4 is 5.32 Å². The van der Waals surface area contributed by atoms with E-state index >= 15 is 0 Å². The Morgan fingerprint density at radius 1 is 1.20 bits per heavy atom. The summed E-state index contributed by atoms with van der Waals surface area (Å²) in [6.45, 7) is 12.3. The van der Waals surface area contributed by atoms with E-state index < -0.39 is 11.5 Å². The predicted octanol–water partition coefficient (Wildman–Crippen LogP) is 3.12. The van der Waals surface area contributed by atoms with Crippen molar-refractivity contribution in [2.75, 3.05) is 20.1 Å². The molecule has 4 heteroatoms. The maximum absolute atomic E-state index is 11.4. The second-order valence-electron chi connectivity index (χ2n) is 6.61. The van der Waals surface area contributed by atoms with Crippen molar-refractivity contribution in [3.05, 3.63) is 0 Å². The zero-order valence-corrected chi connectivity index (χ0v) is 14.3. The standard InChI is InChI=1S/C16H34N2O2/c1-7-12-17-16(5,14(19)20)11-9-10-13-18(6)15(3,4)8-2/h17H,7-13H2,1-6H3,(H,19,20). The van der Waals surface area contributed by atoms with E-state index in [9.17, 15) is 9.90 Å². The van der Waals surface area contributed by atoms with Gasteiger partial charge in [-0.05, 0) is 73.0 Å². The molecule has 0 amide bonds. The van der Waals surface area contributed by atoms with Crippen LogP contribution in [0.5, 0.6) is 0 Å². The second-order valence-corrected chi connectivity index (χ2v) is 6.61. The van der Waals surface area contributed by atoms with Crippen LogP contribution in [0.15, 0.2) is 0 Å². The normalized spacial score (nSPS) is 15.3. The van der Waals surface area contributed by atoms with Crippen LogP contribution in [0.3, 0.4) is 0 Å². The minimum absolute atomic E-state index is 0.219. The van der Waals surface area contributed by atoms with Gasteiger partial charge in [0.05, 0.1) is 0 Å². The summed E-state index contributed by atoms with van der Waals surface area (Å²) < 4.78 is 0. The van der Waals surface area contributed by atoms with Crippen LogP contribution in [0.1, 0.15) is 66.7 Å². The minimum Gasteiger partial charge on any atom is -0.480 e. The number of carboxylic acid groups (broad SMARTS) is 1. The number of aliphatic carboxylic acids is 1. The van der Waals surface area contributed by atoms with E-state index in [1.807, 2.05) is 0 Å². The lowest BCUT2D eigenvalue weighted by atomic mass is 9.94. The van der Waals surface area contributed by atoms with Gasteiger partial charge in [-0.25, -0.2) is 0 Å². The van der Waals surface area contributed by atoms with Crippen molar-refractivity contribution in [3.8, 4) is 0 Å². The lowest BCUT2D eigenvalue weighted by Gasteiger charge is -2.35. The third-order valence-corrected chi connectivity index (χ3v) is 4.56. The molecular weight excluding hydrogens is 252 g/mol. The van der Waals surface area contributed by atoms with Crippen molar-refractivity contribution in [2.24, 2.45) is 0 Å². The molecule has 0 aliphatic rings. The fraction of sp³-hybridized carbons (Fsp3) is 0.938. The largest absolute Gasteiger partial charge is 0.480 e. The second kappa shape index (κ2) is 8.63. The van der Waals surface area contributed by atoms with Crippen molar-refractivity contribution >= 4 is 5.97 Å². The highest BCUT2D eigenvalue weighted by molar-refractivity contribution is 5.78. The molecule has 0 bridgehead atoms. The molecule has 0 fully saturated rings. The van der Waals surface area contributed by atoms with Crippen LogP contribution >= 0.6 is 0 Å². The Hall–Kier alpha value is -0.610. The van der Waals surface area contributed by atoms with E-state index in [0.29, 0.717) is 6.42 Å². The number of carbonyl (C=O) groups is 1. The van der Waals surface area contributed by atoms with Gasteiger partial charge in [-0.15, -0.1) is 0 Å². The van der Waals surface area contributed by atoms with E-state index in [0.717, 1.165) is 38.8 Å². The van der Waals surface area contributed by atoms with E-state index in [4.69, 9.17) is 0 Å². The minimum atomic E-state index is -0.783. The summed E-state index contributed by atoms with van der Waals surface area (Å²) in [4.78, 5) is 13.8. The molecule has 0 saturated heterocycles. The number of carboxylic acids is 1. The van der Waals surface area contributed by atoms with Gasteiger partial charge in [-0.3, -0.25) is 4.79 Å². The predicted molar refractivity (Wildman–Crippen MR) is 85.2 cm³/mol. The molecule has 0 radical (unpaired) electrons. The number of hydrogen-bond acceptors (Lipinski definition) is 3. The SMILES string of the molecule is CCCNC(C)(CCCCN(C)C(C)(C)CC)C(=O)O. The summed E-state index contributed by atoms with van der Waals surface area (Å²) in [6, 6.07) is 0. The highest BCUT2D eigenvalue weighted by atomic mass is 16.4. The quantitative estimate of drug-likeness (QED) is 0.573. The van der Waals surface area contributed by atoms with Crippen molar-refractivity contribution in [1.29, 1.82) is 0 Å². The van der Waals surface area contributed by atoms with E-state index in [1.165, 1.54) is 0 Å². The van der Waals surface area contributed by atoms with Gasteiger partial charge in [0.15, 0.2) is 0 Å². The summed E-state index contributed by atoms with van der Waals surface area (Å²) in [5, 5.41) is 12.5. The molecule has 120 valence electrons. The molecule has 0 rings (SSSR count). The zero-order chi connectivity index (χ0) is 15.8. The Bertz CT molecular complexity index is 292. The summed E-state index contributed by atoms with van der Waals surface area (Å²) >= 11 is 0. The molecule has 2 N–H and O–H groups in total. The molecule has 0 spiro atoms. The van der Waals surface area contributed by atoms with Gasteiger partial charge in [0.25, 0.3) is 0 Å². The molecule has 0 aliphatic heterocycles. The van der Waals surface area contributed by atoms with E-state index in [2.05, 4.69) is 45.0 Å². The maximum atomic E-state index is 11.4.